The van der Waals surface area contributed by atoms with Crippen molar-refractivity contribution in [1.29, 1.82) is 0 Å². The summed E-state index contributed by atoms with van der Waals surface area (Å²) < 4.78 is 0. The van der Waals surface area contributed by atoms with Crippen LogP contribution in [0.3, 0.4) is 0 Å². The van der Waals surface area contributed by atoms with E-state index in [2.05, 4.69) is 4.98 Å². The molecule has 20 heavy (non-hydrogen) atoms. The van der Waals surface area contributed by atoms with Crippen molar-refractivity contribution >= 4 is 5.91 Å². The van der Waals surface area contributed by atoms with Crippen LogP contribution < -0.4 is 5.73 Å². The first-order chi connectivity index (χ1) is 9.66. The first kappa shape index (κ1) is 14.2. The molecular weight excluding hydrogens is 250 g/mol. The van der Waals surface area contributed by atoms with Crippen LogP contribution in [0.15, 0.2) is 54.7 Å². The van der Waals surface area contributed by atoms with E-state index in [0.717, 1.165) is 11.3 Å². The van der Waals surface area contributed by atoms with Crippen molar-refractivity contribution in [3.63, 3.8) is 0 Å². The first-order valence-electron chi connectivity index (χ1n) is 6.61. The van der Waals surface area contributed by atoms with Gasteiger partial charge in [0.2, 0.25) is 5.91 Å². The first-order valence-corrected chi connectivity index (χ1v) is 6.61. The van der Waals surface area contributed by atoms with Crippen molar-refractivity contribution < 1.29 is 4.79 Å². The highest BCUT2D eigenvalue weighted by molar-refractivity contribution is 5.76. The molecule has 0 aliphatic rings. The van der Waals surface area contributed by atoms with Gasteiger partial charge < -0.3 is 10.6 Å². The fraction of sp³-hybridized carbons (Fsp3) is 0.250. The van der Waals surface area contributed by atoms with Crippen molar-refractivity contribution in [2.75, 3.05) is 7.05 Å². The molecule has 4 heteroatoms. The Morgan fingerprint density at radius 2 is 1.90 bits per heavy atom. The third-order valence-electron chi connectivity index (χ3n) is 3.17. The maximum absolute atomic E-state index is 12.1. The minimum Gasteiger partial charge on any atom is -0.340 e. The van der Waals surface area contributed by atoms with Gasteiger partial charge in [-0.25, -0.2) is 0 Å². The zero-order valence-electron chi connectivity index (χ0n) is 11.6. The van der Waals surface area contributed by atoms with E-state index in [-0.39, 0.29) is 11.9 Å². The Hall–Kier alpha value is -2.20. The van der Waals surface area contributed by atoms with Crippen LogP contribution in [0.5, 0.6) is 0 Å². The molecule has 1 aromatic heterocycles. The third kappa shape index (κ3) is 3.90. The highest BCUT2D eigenvalue weighted by Crippen LogP contribution is 2.14. The lowest BCUT2D eigenvalue weighted by Gasteiger charge is -2.19. The lowest BCUT2D eigenvalue weighted by atomic mass is 10.0. The maximum Gasteiger partial charge on any atom is 0.224 e. The van der Waals surface area contributed by atoms with Gasteiger partial charge in [0.05, 0.1) is 12.2 Å². The Balaban J connectivity index is 1.91. The Bertz CT molecular complexity index is 542. The molecule has 2 aromatic rings. The Kier molecular flexibility index (Phi) is 4.85. The summed E-state index contributed by atoms with van der Waals surface area (Å²) in [4.78, 5) is 18.0. The minimum absolute atomic E-state index is 0.0204. The van der Waals surface area contributed by atoms with Crippen LogP contribution in [0.1, 0.15) is 23.7 Å². The third-order valence-corrected chi connectivity index (χ3v) is 3.17. The number of hydrogen-bond acceptors (Lipinski definition) is 3. The molecule has 1 atom stereocenters. The SMILES string of the molecule is CN(Cc1ccccn1)C(=O)CC(N)c1ccccc1. The fourth-order valence-electron chi connectivity index (χ4n) is 1.98. The number of amides is 1. The predicted molar refractivity (Wildman–Crippen MR) is 78.7 cm³/mol. The van der Waals surface area contributed by atoms with Crippen molar-refractivity contribution in [3.05, 3.63) is 66.0 Å². The summed E-state index contributed by atoms with van der Waals surface area (Å²) in [5.41, 5.74) is 7.91. The zero-order chi connectivity index (χ0) is 14.4. The second-order valence-corrected chi connectivity index (χ2v) is 4.79. The number of carbonyl (C=O) groups excluding carboxylic acids is 1. The summed E-state index contributed by atoms with van der Waals surface area (Å²) in [5.74, 6) is 0.0204. The number of hydrogen-bond donors (Lipinski definition) is 1. The number of pyridine rings is 1. The second-order valence-electron chi connectivity index (χ2n) is 4.79. The fourth-order valence-corrected chi connectivity index (χ4v) is 1.98. The van der Waals surface area contributed by atoms with Crippen LogP contribution in [0.2, 0.25) is 0 Å². The number of nitrogens with two attached hydrogens (primary N) is 1. The summed E-state index contributed by atoms with van der Waals surface area (Å²) in [5, 5.41) is 0. The van der Waals surface area contributed by atoms with Gasteiger partial charge in [-0.05, 0) is 17.7 Å². The molecule has 0 radical (unpaired) electrons. The smallest absolute Gasteiger partial charge is 0.224 e. The number of carbonyl (C=O) groups is 1. The molecule has 2 rings (SSSR count). The van der Waals surface area contributed by atoms with E-state index in [1.807, 2.05) is 48.5 Å². The molecule has 0 aliphatic heterocycles. The Labute approximate surface area is 119 Å². The van der Waals surface area contributed by atoms with E-state index in [1.54, 1.807) is 18.1 Å². The molecule has 1 amide bonds. The van der Waals surface area contributed by atoms with Gasteiger partial charge in [-0.2, -0.15) is 0 Å². The van der Waals surface area contributed by atoms with E-state index in [9.17, 15) is 4.79 Å². The van der Waals surface area contributed by atoms with Gasteiger partial charge in [0, 0.05) is 25.7 Å². The average Bonchev–Trinajstić information content (AvgIpc) is 2.49. The lowest BCUT2D eigenvalue weighted by Crippen LogP contribution is -2.29. The van der Waals surface area contributed by atoms with Gasteiger partial charge in [-0.1, -0.05) is 36.4 Å². The standard InChI is InChI=1S/C16H19N3O/c1-19(12-14-9-5-6-10-18-14)16(20)11-15(17)13-7-3-2-4-8-13/h2-10,15H,11-12,17H2,1H3. The van der Waals surface area contributed by atoms with Crippen LogP contribution >= 0.6 is 0 Å². The Morgan fingerprint density at radius 1 is 1.20 bits per heavy atom. The van der Waals surface area contributed by atoms with Crippen LogP contribution in [0.4, 0.5) is 0 Å². The largest absolute Gasteiger partial charge is 0.340 e. The average molecular weight is 269 g/mol. The molecule has 0 saturated heterocycles. The van der Waals surface area contributed by atoms with Crippen LogP contribution in [0.25, 0.3) is 0 Å². The highest BCUT2D eigenvalue weighted by atomic mass is 16.2. The van der Waals surface area contributed by atoms with E-state index in [1.165, 1.54) is 0 Å². The van der Waals surface area contributed by atoms with E-state index in [4.69, 9.17) is 5.73 Å². The number of rotatable bonds is 5. The highest BCUT2D eigenvalue weighted by Gasteiger charge is 2.15. The zero-order valence-corrected chi connectivity index (χ0v) is 11.6. The molecule has 1 unspecified atom stereocenters. The maximum atomic E-state index is 12.1. The second kappa shape index (κ2) is 6.82. The molecule has 2 N–H and O–H groups in total. The van der Waals surface area contributed by atoms with Crippen LogP contribution in [0, 0.1) is 0 Å². The quantitative estimate of drug-likeness (QED) is 0.904. The summed E-state index contributed by atoms with van der Waals surface area (Å²) in [6.45, 7) is 0.501. The predicted octanol–water partition coefficient (Wildman–Crippen LogP) is 2.13. The molecular formula is C16H19N3O. The van der Waals surface area contributed by atoms with Crippen LogP contribution in [-0.4, -0.2) is 22.8 Å². The molecule has 1 aromatic carbocycles. The van der Waals surface area contributed by atoms with E-state index < -0.39 is 0 Å². The van der Waals surface area contributed by atoms with Crippen molar-refractivity contribution in [2.45, 2.75) is 19.0 Å². The van der Waals surface area contributed by atoms with Crippen LogP contribution in [-0.2, 0) is 11.3 Å². The lowest BCUT2D eigenvalue weighted by molar-refractivity contribution is -0.130. The van der Waals surface area contributed by atoms with Gasteiger partial charge in [0.25, 0.3) is 0 Å². The van der Waals surface area contributed by atoms with Gasteiger partial charge in [0.15, 0.2) is 0 Å². The van der Waals surface area contributed by atoms with Gasteiger partial charge in [-0.3, -0.25) is 9.78 Å². The molecule has 0 fully saturated rings. The van der Waals surface area contributed by atoms with Gasteiger partial charge in [-0.15, -0.1) is 0 Å². The molecule has 0 aliphatic carbocycles. The minimum atomic E-state index is -0.269. The summed E-state index contributed by atoms with van der Waals surface area (Å²) in [6.07, 6.45) is 2.02. The van der Waals surface area contributed by atoms with Crippen molar-refractivity contribution in [3.8, 4) is 0 Å². The molecule has 1 heterocycles. The molecule has 0 bridgehead atoms. The molecule has 0 saturated carbocycles. The van der Waals surface area contributed by atoms with E-state index >= 15 is 0 Å². The van der Waals surface area contributed by atoms with Crippen molar-refractivity contribution in [1.82, 2.24) is 9.88 Å². The summed E-state index contributed by atoms with van der Waals surface area (Å²) >= 11 is 0. The number of benzene rings is 1. The Morgan fingerprint density at radius 3 is 2.55 bits per heavy atom. The summed E-state index contributed by atoms with van der Waals surface area (Å²) in [6, 6.07) is 15.1. The van der Waals surface area contributed by atoms with Crippen molar-refractivity contribution in [2.24, 2.45) is 5.73 Å². The molecule has 104 valence electrons. The van der Waals surface area contributed by atoms with Gasteiger partial charge in [0.1, 0.15) is 0 Å². The summed E-state index contributed by atoms with van der Waals surface area (Å²) in [7, 11) is 1.77. The van der Waals surface area contributed by atoms with Gasteiger partial charge >= 0.3 is 0 Å². The topological polar surface area (TPSA) is 59.2 Å². The monoisotopic (exact) mass is 269 g/mol. The molecule has 4 nitrogen and oxygen atoms in total. The normalized spacial score (nSPS) is 11.9. The van der Waals surface area contributed by atoms with E-state index in [0.29, 0.717) is 13.0 Å². The number of nitrogens with zero attached hydrogens (tertiary/aromatic N) is 2. The molecule has 0 spiro atoms. The number of aromatic nitrogens is 1.